The molecule has 0 fully saturated rings. The first-order valence-electron chi connectivity index (χ1n) is 7.27. The van der Waals surface area contributed by atoms with Gasteiger partial charge in [0, 0.05) is 6.54 Å². The van der Waals surface area contributed by atoms with Crippen molar-refractivity contribution < 1.29 is 0 Å². The number of aromatic amines is 1. The largest absolute Gasteiger partial charge is 0.328 e. The highest BCUT2D eigenvalue weighted by atomic mass is 32.1. The van der Waals surface area contributed by atoms with Crippen molar-refractivity contribution in [2.75, 3.05) is 0 Å². The monoisotopic (exact) mass is 300 g/mol. The Labute approximate surface area is 129 Å². The van der Waals surface area contributed by atoms with Crippen molar-refractivity contribution >= 4 is 23.4 Å². The summed E-state index contributed by atoms with van der Waals surface area (Å²) in [5, 5.41) is 4.58. The van der Waals surface area contributed by atoms with Gasteiger partial charge in [0.25, 0.3) is 0 Å². The molecule has 0 saturated carbocycles. The first-order chi connectivity index (χ1) is 10.0. The Hall–Kier alpha value is -1.88. The van der Waals surface area contributed by atoms with Gasteiger partial charge in [-0.15, -0.1) is 0 Å². The standard InChI is InChI=1S/C16H20N4S/c1-5-19-15-14(11(3)18-19)17-16(21)20(15)12(4)13-8-6-10(2)7-9-13/h6-9,12H,5H2,1-4H3,(H,17,21). The lowest BCUT2D eigenvalue weighted by Crippen LogP contribution is -2.10. The molecule has 1 atom stereocenters. The summed E-state index contributed by atoms with van der Waals surface area (Å²) < 4.78 is 4.93. The Morgan fingerprint density at radius 1 is 1.24 bits per heavy atom. The maximum Gasteiger partial charge on any atom is 0.179 e. The van der Waals surface area contributed by atoms with E-state index in [4.69, 9.17) is 12.2 Å². The van der Waals surface area contributed by atoms with Crippen molar-refractivity contribution in [3.05, 3.63) is 45.9 Å². The van der Waals surface area contributed by atoms with Gasteiger partial charge >= 0.3 is 0 Å². The average molecular weight is 300 g/mol. The summed E-state index contributed by atoms with van der Waals surface area (Å²) in [6.45, 7) is 9.22. The quantitative estimate of drug-likeness (QED) is 0.738. The summed E-state index contributed by atoms with van der Waals surface area (Å²) in [4.78, 5) is 3.31. The van der Waals surface area contributed by atoms with Crippen molar-refractivity contribution in [3.8, 4) is 0 Å². The average Bonchev–Trinajstić information content (AvgIpc) is 2.96. The van der Waals surface area contributed by atoms with Crippen LogP contribution >= 0.6 is 12.2 Å². The van der Waals surface area contributed by atoms with Crippen LogP contribution < -0.4 is 0 Å². The molecule has 0 radical (unpaired) electrons. The van der Waals surface area contributed by atoms with E-state index >= 15 is 0 Å². The normalized spacial score (nSPS) is 13.0. The lowest BCUT2D eigenvalue weighted by atomic mass is 10.1. The van der Waals surface area contributed by atoms with Crippen LogP contribution in [-0.2, 0) is 6.54 Å². The molecule has 0 spiro atoms. The third-order valence-corrected chi connectivity index (χ3v) is 4.32. The number of aryl methyl sites for hydroxylation is 3. The van der Waals surface area contributed by atoms with Crippen LogP contribution in [0.1, 0.15) is 36.7 Å². The lowest BCUT2D eigenvalue weighted by Gasteiger charge is -2.16. The minimum Gasteiger partial charge on any atom is -0.328 e. The molecule has 1 unspecified atom stereocenters. The van der Waals surface area contributed by atoms with E-state index in [-0.39, 0.29) is 6.04 Å². The minimum absolute atomic E-state index is 0.174. The first kappa shape index (κ1) is 14.1. The summed E-state index contributed by atoms with van der Waals surface area (Å²) in [5.74, 6) is 0. The molecule has 21 heavy (non-hydrogen) atoms. The number of imidazole rings is 1. The van der Waals surface area contributed by atoms with Crippen LogP contribution in [0, 0.1) is 18.6 Å². The molecule has 2 aromatic heterocycles. The number of nitrogens with one attached hydrogen (secondary N) is 1. The maximum absolute atomic E-state index is 5.54. The summed E-state index contributed by atoms with van der Waals surface area (Å²) in [7, 11) is 0. The number of nitrogens with zero attached hydrogens (tertiary/aromatic N) is 3. The molecular formula is C16H20N4S. The third-order valence-electron chi connectivity index (χ3n) is 4.03. The van der Waals surface area contributed by atoms with E-state index < -0.39 is 0 Å². The predicted molar refractivity (Wildman–Crippen MR) is 88.3 cm³/mol. The smallest absolute Gasteiger partial charge is 0.179 e. The van der Waals surface area contributed by atoms with Crippen LogP contribution in [0.2, 0.25) is 0 Å². The second kappa shape index (κ2) is 5.15. The molecule has 3 aromatic rings. The Morgan fingerprint density at radius 3 is 2.52 bits per heavy atom. The SMILES string of the molecule is CCn1nc(C)c2[nH]c(=S)n(C(C)c3ccc(C)cc3)c21. The molecule has 2 heterocycles. The molecular weight excluding hydrogens is 280 g/mol. The van der Waals surface area contributed by atoms with Crippen LogP contribution in [-0.4, -0.2) is 19.3 Å². The van der Waals surface area contributed by atoms with Crippen LogP contribution in [0.25, 0.3) is 11.2 Å². The van der Waals surface area contributed by atoms with E-state index in [1.807, 2.05) is 11.6 Å². The van der Waals surface area contributed by atoms with E-state index in [9.17, 15) is 0 Å². The van der Waals surface area contributed by atoms with Gasteiger partial charge in [-0.1, -0.05) is 29.8 Å². The van der Waals surface area contributed by atoms with Crippen LogP contribution in [0.15, 0.2) is 24.3 Å². The number of fused-ring (bicyclic) bond motifs is 1. The van der Waals surface area contributed by atoms with Crippen molar-refractivity contribution in [3.63, 3.8) is 0 Å². The van der Waals surface area contributed by atoms with E-state index in [0.29, 0.717) is 0 Å². The predicted octanol–water partition coefficient (Wildman–Crippen LogP) is 4.14. The topological polar surface area (TPSA) is 38.5 Å². The van der Waals surface area contributed by atoms with Crippen molar-refractivity contribution in [2.24, 2.45) is 0 Å². The molecule has 0 saturated heterocycles. The molecule has 0 amide bonds. The molecule has 1 N–H and O–H groups in total. The number of hydrogen-bond acceptors (Lipinski definition) is 2. The van der Waals surface area contributed by atoms with E-state index in [1.54, 1.807) is 0 Å². The molecule has 3 rings (SSSR count). The molecule has 0 aliphatic rings. The molecule has 4 nitrogen and oxygen atoms in total. The van der Waals surface area contributed by atoms with Crippen molar-refractivity contribution in [1.82, 2.24) is 19.3 Å². The number of hydrogen-bond donors (Lipinski definition) is 1. The highest BCUT2D eigenvalue weighted by molar-refractivity contribution is 7.71. The number of aromatic nitrogens is 4. The Kier molecular flexibility index (Phi) is 3.45. The lowest BCUT2D eigenvalue weighted by molar-refractivity contribution is 0.596. The highest BCUT2D eigenvalue weighted by Crippen LogP contribution is 2.26. The summed E-state index contributed by atoms with van der Waals surface area (Å²) in [6.07, 6.45) is 0. The van der Waals surface area contributed by atoms with E-state index in [0.717, 1.165) is 28.2 Å². The number of H-pyrrole nitrogens is 1. The van der Waals surface area contributed by atoms with Crippen molar-refractivity contribution in [1.29, 1.82) is 0 Å². The van der Waals surface area contributed by atoms with Gasteiger partial charge in [0.05, 0.1) is 11.7 Å². The van der Waals surface area contributed by atoms with Crippen LogP contribution in [0.3, 0.4) is 0 Å². The third kappa shape index (κ3) is 2.21. The maximum atomic E-state index is 5.54. The fourth-order valence-corrected chi connectivity index (χ4v) is 3.14. The second-order valence-electron chi connectivity index (χ2n) is 5.49. The number of benzene rings is 1. The molecule has 0 aliphatic carbocycles. The van der Waals surface area contributed by atoms with Gasteiger partial charge in [-0.2, -0.15) is 5.10 Å². The Morgan fingerprint density at radius 2 is 1.90 bits per heavy atom. The molecule has 5 heteroatoms. The molecule has 1 aromatic carbocycles. The van der Waals surface area contributed by atoms with E-state index in [2.05, 4.69) is 59.7 Å². The zero-order valence-corrected chi connectivity index (χ0v) is 13.7. The summed E-state index contributed by atoms with van der Waals surface area (Å²) in [5.41, 5.74) is 5.63. The minimum atomic E-state index is 0.174. The number of rotatable bonds is 3. The van der Waals surface area contributed by atoms with Crippen LogP contribution in [0.4, 0.5) is 0 Å². The Balaban J connectivity index is 2.21. The zero-order valence-electron chi connectivity index (χ0n) is 12.8. The summed E-state index contributed by atoms with van der Waals surface area (Å²) in [6, 6.07) is 8.79. The summed E-state index contributed by atoms with van der Waals surface area (Å²) >= 11 is 5.54. The fourth-order valence-electron chi connectivity index (χ4n) is 2.80. The van der Waals surface area contributed by atoms with Crippen LogP contribution in [0.5, 0.6) is 0 Å². The molecule has 110 valence electrons. The first-order valence-corrected chi connectivity index (χ1v) is 7.68. The van der Waals surface area contributed by atoms with Gasteiger partial charge < -0.3 is 4.98 Å². The van der Waals surface area contributed by atoms with Gasteiger partial charge in [0.2, 0.25) is 0 Å². The van der Waals surface area contributed by atoms with Crippen molar-refractivity contribution in [2.45, 2.75) is 40.3 Å². The van der Waals surface area contributed by atoms with Gasteiger partial charge in [-0.05, 0) is 45.5 Å². The highest BCUT2D eigenvalue weighted by Gasteiger charge is 2.18. The van der Waals surface area contributed by atoms with Gasteiger partial charge in [0.1, 0.15) is 5.52 Å². The van der Waals surface area contributed by atoms with E-state index in [1.165, 1.54) is 11.1 Å². The fraction of sp³-hybridized carbons (Fsp3) is 0.375. The van der Waals surface area contributed by atoms with Gasteiger partial charge in [0.15, 0.2) is 10.4 Å². The molecule has 0 aliphatic heterocycles. The van der Waals surface area contributed by atoms with Gasteiger partial charge in [-0.3, -0.25) is 4.57 Å². The Bertz CT molecular complexity index is 836. The molecule has 0 bridgehead atoms. The second-order valence-corrected chi connectivity index (χ2v) is 5.87. The zero-order chi connectivity index (χ0) is 15.1. The van der Waals surface area contributed by atoms with Gasteiger partial charge in [-0.25, -0.2) is 4.68 Å².